The van der Waals surface area contributed by atoms with Gasteiger partial charge in [0.2, 0.25) is 0 Å². The van der Waals surface area contributed by atoms with E-state index in [2.05, 4.69) is 10.1 Å². The topological polar surface area (TPSA) is 82.3 Å². The fraction of sp³-hybridized carbons (Fsp3) is 0.167. The first-order valence-corrected chi connectivity index (χ1v) is 10.7. The number of carbonyl (C=O) groups excluding carboxylic acids is 2. The molecule has 4 rings (SSSR count). The highest BCUT2D eigenvalue weighted by molar-refractivity contribution is 7.98. The lowest BCUT2D eigenvalue weighted by atomic mass is 10.0. The van der Waals surface area contributed by atoms with Crippen LogP contribution in [0, 0.1) is 13.8 Å². The number of aromatic nitrogens is 2. The zero-order valence-electron chi connectivity index (χ0n) is 17.1. The second-order valence-corrected chi connectivity index (χ2v) is 7.97. The van der Waals surface area contributed by atoms with Gasteiger partial charge in [0.25, 0.3) is 0 Å². The lowest BCUT2D eigenvalue weighted by molar-refractivity contribution is 0.0470. The number of hydrogen-bond donors (Lipinski definition) is 0. The van der Waals surface area contributed by atoms with Crippen LogP contribution in [0.5, 0.6) is 0 Å². The van der Waals surface area contributed by atoms with Gasteiger partial charge in [-0.25, -0.2) is 9.78 Å². The molecule has 0 N–H and O–H groups in total. The Labute approximate surface area is 183 Å². The third kappa shape index (κ3) is 4.67. The molecule has 2 aromatic carbocycles. The molecule has 0 radical (unpaired) electrons. The number of ketones is 1. The van der Waals surface area contributed by atoms with Crippen molar-refractivity contribution < 1.29 is 18.8 Å². The maximum absolute atomic E-state index is 12.7. The highest BCUT2D eigenvalue weighted by Gasteiger charge is 2.18. The molecule has 0 aliphatic carbocycles. The number of hydrogen-bond acceptors (Lipinski definition) is 7. The van der Waals surface area contributed by atoms with Gasteiger partial charge in [0.05, 0.1) is 11.3 Å². The zero-order valence-corrected chi connectivity index (χ0v) is 17.9. The predicted molar refractivity (Wildman–Crippen MR) is 118 cm³/mol. The zero-order chi connectivity index (χ0) is 21.8. The van der Waals surface area contributed by atoms with Crippen LogP contribution in [0.15, 0.2) is 70.3 Å². The summed E-state index contributed by atoms with van der Waals surface area (Å²) in [6, 6.07) is 16.5. The molecule has 0 saturated carbocycles. The molecule has 0 aliphatic rings. The third-order valence-corrected chi connectivity index (χ3v) is 5.96. The second kappa shape index (κ2) is 9.14. The number of pyridine rings is 1. The van der Waals surface area contributed by atoms with Crippen LogP contribution in [-0.4, -0.2) is 28.5 Å². The average Bonchev–Trinajstić information content (AvgIpc) is 3.12. The number of aryl methyl sites for hydroxylation is 2. The SMILES string of the molecule is Cc1noc(C)c1CSc1ncccc1C(=O)OCC(=O)c1ccc2ccccc2c1. The van der Waals surface area contributed by atoms with Gasteiger partial charge in [-0.15, -0.1) is 11.8 Å². The Kier molecular flexibility index (Phi) is 6.13. The summed E-state index contributed by atoms with van der Waals surface area (Å²) >= 11 is 1.40. The quantitative estimate of drug-likeness (QED) is 0.226. The first kappa shape index (κ1) is 20.8. The average molecular weight is 433 g/mol. The van der Waals surface area contributed by atoms with Gasteiger partial charge in [-0.2, -0.15) is 0 Å². The molecule has 6 nitrogen and oxygen atoms in total. The summed E-state index contributed by atoms with van der Waals surface area (Å²) in [6.45, 7) is 3.39. The van der Waals surface area contributed by atoms with Crippen molar-refractivity contribution in [2.75, 3.05) is 6.61 Å². The standard InChI is InChI=1S/C24H20N2O4S/c1-15-21(16(2)30-26-15)14-31-23-20(8-5-11-25-23)24(28)29-13-22(27)19-10-9-17-6-3-4-7-18(17)12-19/h3-12H,13-14H2,1-2H3. The highest BCUT2D eigenvalue weighted by atomic mass is 32.2. The van der Waals surface area contributed by atoms with Gasteiger partial charge in [0.1, 0.15) is 10.8 Å². The summed E-state index contributed by atoms with van der Waals surface area (Å²) in [7, 11) is 0. The first-order valence-electron chi connectivity index (χ1n) is 9.71. The number of nitrogens with zero attached hydrogens (tertiary/aromatic N) is 2. The first-order chi connectivity index (χ1) is 15.0. The van der Waals surface area contributed by atoms with Crippen LogP contribution in [0.1, 0.15) is 37.7 Å². The van der Waals surface area contributed by atoms with Gasteiger partial charge in [-0.3, -0.25) is 4.79 Å². The number of thioether (sulfide) groups is 1. The van der Waals surface area contributed by atoms with Crippen molar-refractivity contribution in [3.8, 4) is 0 Å². The third-order valence-electron chi connectivity index (χ3n) is 4.93. The summed E-state index contributed by atoms with van der Waals surface area (Å²) in [4.78, 5) is 29.5. The minimum Gasteiger partial charge on any atom is -0.454 e. The van der Waals surface area contributed by atoms with Gasteiger partial charge in [0, 0.05) is 23.1 Å². The van der Waals surface area contributed by atoms with Crippen LogP contribution in [0.3, 0.4) is 0 Å². The Bertz CT molecular complexity index is 1250. The molecule has 156 valence electrons. The van der Waals surface area contributed by atoms with Crippen molar-refractivity contribution in [3.63, 3.8) is 0 Å². The second-order valence-electron chi connectivity index (χ2n) is 7.01. The van der Waals surface area contributed by atoms with Crippen molar-refractivity contribution in [2.24, 2.45) is 0 Å². The van der Waals surface area contributed by atoms with Crippen LogP contribution in [0.4, 0.5) is 0 Å². The van der Waals surface area contributed by atoms with E-state index in [9.17, 15) is 9.59 Å². The Balaban J connectivity index is 1.43. The van der Waals surface area contributed by atoms with Crippen molar-refractivity contribution in [2.45, 2.75) is 24.6 Å². The Morgan fingerprint density at radius 2 is 1.84 bits per heavy atom. The molecular weight excluding hydrogens is 412 g/mol. The van der Waals surface area contributed by atoms with Crippen molar-refractivity contribution in [1.29, 1.82) is 0 Å². The molecule has 0 aliphatic heterocycles. The summed E-state index contributed by atoms with van der Waals surface area (Å²) < 4.78 is 10.5. The van der Waals surface area contributed by atoms with E-state index < -0.39 is 5.97 Å². The summed E-state index contributed by atoms with van der Waals surface area (Å²) in [5, 5.41) is 6.49. The van der Waals surface area contributed by atoms with Gasteiger partial charge in [0.15, 0.2) is 12.4 Å². The van der Waals surface area contributed by atoms with E-state index in [1.807, 2.05) is 44.2 Å². The number of esters is 1. The van der Waals surface area contributed by atoms with Crippen molar-refractivity contribution in [3.05, 3.63) is 88.9 Å². The number of fused-ring (bicyclic) bond motifs is 1. The minimum absolute atomic E-state index is 0.257. The normalized spacial score (nSPS) is 10.9. The molecule has 0 atom stereocenters. The van der Waals surface area contributed by atoms with Crippen LogP contribution < -0.4 is 0 Å². The molecule has 0 saturated heterocycles. The number of Topliss-reactive ketones (excluding diaryl/α,β-unsaturated/α-hetero) is 1. The number of carbonyl (C=O) groups is 2. The Morgan fingerprint density at radius 1 is 1.03 bits per heavy atom. The fourth-order valence-corrected chi connectivity index (χ4v) is 4.30. The van der Waals surface area contributed by atoms with E-state index >= 15 is 0 Å². The van der Waals surface area contributed by atoms with E-state index in [0.717, 1.165) is 27.8 Å². The summed E-state index contributed by atoms with van der Waals surface area (Å²) in [5.41, 5.74) is 2.61. The van der Waals surface area contributed by atoms with E-state index in [-0.39, 0.29) is 12.4 Å². The molecule has 0 fully saturated rings. The highest BCUT2D eigenvalue weighted by Crippen LogP contribution is 2.27. The molecular formula is C24H20N2O4S. The van der Waals surface area contributed by atoms with Crippen LogP contribution >= 0.6 is 11.8 Å². The van der Waals surface area contributed by atoms with Crippen molar-refractivity contribution in [1.82, 2.24) is 10.1 Å². The van der Waals surface area contributed by atoms with Crippen LogP contribution in [-0.2, 0) is 10.5 Å². The smallest absolute Gasteiger partial charge is 0.341 e. The maximum Gasteiger partial charge on any atom is 0.341 e. The minimum atomic E-state index is -0.580. The van der Waals surface area contributed by atoms with E-state index in [1.165, 1.54) is 11.8 Å². The maximum atomic E-state index is 12.7. The molecule has 2 heterocycles. The lowest BCUT2D eigenvalue weighted by Crippen LogP contribution is -2.15. The molecule has 0 amide bonds. The van der Waals surface area contributed by atoms with Gasteiger partial charge < -0.3 is 9.26 Å². The molecule has 4 aromatic rings. The molecule has 31 heavy (non-hydrogen) atoms. The van der Waals surface area contributed by atoms with E-state index in [0.29, 0.717) is 21.9 Å². The van der Waals surface area contributed by atoms with Crippen molar-refractivity contribution >= 4 is 34.3 Å². The van der Waals surface area contributed by atoms with Gasteiger partial charge in [-0.1, -0.05) is 41.6 Å². The molecule has 0 unspecified atom stereocenters. The summed E-state index contributed by atoms with van der Waals surface area (Å²) in [5.74, 6) is 0.469. The van der Waals surface area contributed by atoms with Gasteiger partial charge in [-0.05, 0) is 42.8 Å². The van der Waals surface area contributed by atoms with Crippen LogP contribution in [0.2, 0.25) is 0 Å². The predicted octanol–water partition coefficient (Wildman–Crippen LogP) is 5.17. The Hall–Kier alpha value is -3.45. The molecule has 0 bridgehead atoms. The number of ether oxygens (including phenoxy) is 1. The van der Waals surface area contributed by atoms with Crippen LogP contribution in [0.25, 0.3) is 10.8 Å². The largest absolute Gasteiger partial charge is 0.454 e. The molecule has 0 spiro atoms. The number of benzene rings is 2. The number of rotatable bonds is 7. The van der Waals surface area contributed by atoms with E-state index in [1.54, 1.807) is 30.5 Å². The Morgan fingerprint density at radius 3 is 2.61 bits per heavy atom. The fourth-order valence-electron chi connectivity index (χ4n) is 3.16. The monoisotopic (exact) mass is 432 g/mol. The van der Waals surface area contributed by atoms with E-state index in [4.69, 9.17) is 9.26 Å². The summed E-state index contributed by atoms with van der Waals surface area (Å²) in [6.07, 6.45) is 1.62. The lowest BCUT2D eigenvalue weighted by Gasteiger charge is -2.09. The molecule has 7 heteroatoms. The van der Waals surface area contributed by atoms with Gasteiger partial charge >= 0.3 is 5.97 Å². The molecule has 2 aromatic heterocycles.